The van der Waals surface area contributed by atoms with Crippen LogP contribution in [-0.4, -0.2) is 24.6 Å². The second kappa shape index (κ2) is 4.43. The lowest BCUT2D eigenvalue weighted by Crippen LogP contribution is -2.49. The molecule has 1 heterocycles. The first kappa shape index (κ1) is 9.47. The Balaban J connectivity index is 1.93. The lowest BCUT2D eigenvalue weighted by atomic mass is 9.90. The molecular weight excluding hydrogens is 160 g/mol. The summed E-state index contributed by atoms with van der Waals surface area (Å²) in [5, 5.41) is 2.49. The van der Waals surface area contributed by atoms with Gasteiger partial charge < -0.3 is 0 Å². The first-order valence-electron chi connectivity index (χ1n) is 5.86. The quantitative estimate of drug-likeness (QED) is 0.704. The van der Waals surface area contributed by atoms with Crippen LogP contribution >= 0.6 is 0 Å². The number of hydrogen-bond acceptors (Lipinski definition) is 2. The van der Waals surface area contributed by atoms with Crippen molar-refractivity contribution in [1.82, 2.24) is 10.4 Å². The van der Waals surface area contributed by atoms with E-state index in [1.54, 1.807) is 0 Å². The van der Waals surface area contributed by atoms with Crippen molar-refractivity contribution >= 4 is 0 Å². The summed E-state index contributed by atoms with van der Waals surface area (Å²) in [6.07, 6.45) is 10.1. The predicted octanol–water partition coefficient (Wildman–Crippen LogP) is 2.17. The highest BCUT2D eigenvalue weighted by Gasteiger charge is 2.30. The van der Waals surface area contributed by atoms with Crippen molar-refractivity contribution in [2.45, 2.75) is 51.0 Å². The molecule has 2 aliphatic rings. The lowest BCUT2D eigenvalue weighted by Gasteiger charge is -2.38. The van der Waals surface area contributed by atoms with Crippen molar-refractivity contribution in [2.24, 2.45) is 5.92 Å². The van der Waals surface area contributed by atoms with Crippen LogP contribution in [0.2, 0.25) is 0 Å². The van der Waals surface area contributed by atoms with E-state index in [9.17, 15) is 0 Å². The van der Waals surface area contributed by atoms with Gasteiger partial charge in [0, 0.05) is 12.6 Å². The number of nitrogens with zero attached hydrogens (tertiary/aromatic N) is 1. The second-order valence-electron chi connectivity index (χ2n) is 4.52. The van der Waals surface area contributed by atoms with E-state index in [0.29, 0.717) is 0 Å². The van der Waals surface area contributed by atoms with Gasteiger partial charge >= 0.3 is 0 Å². The SMILES string of the molecule is CNN1CCCCC1C1CCCC1. The van der Waals surface area contributed by atoms with Crippen LogP contribution in [0.4, 0.5) is 0 Å². The van der Waals surface area contributed by atoms with E-state index in [2.05, 4.69) is 17.5 Å². The number of hydrogen-bond donors (Lipinski definition) is 1. The van der Waals surface area contributed by atoms with Crippen LogP contribution in [0.3, 0.4) is 0 Å². The molecule has 0 radical (unpaired) electrons. The highest BCUT2D eigenvalue weighted by atomic mass is 15.5. The number of hydrazine groups is 1. The molecule has 2 heteroatoms. The summed E-state index contributed by atoms with van der Waals surface area (Å²) in [7, 11) is 2.08. The second-order valence-corrected chi connectivity index (χ2v) is 4.52. The third-order valence-corrected chi connectivity index (χ3v) is 3.78. The third-order valence-electron chi connectivity index (χ3n) is 3.78. The molecule has 1 saturated heterocycles. The van der Waals surface area contributed by atoms with Crippen LogP contribution in [0.15, 0.2) is 0 Å². The van der Waals surface area contributed by atoms with Crippen LogP contribution < -0.4 is 5.43 Å². The summed E-state index contributed by atoms with van der Waals surface area (Å²) in [5.74, 6) is 0.993. The molecule has 0 amide bonds. The average Bonchev–Trinajstić information content (AvgIpc) is 2.70. The van der Waals surface area contributed by atoms with Crippen LogP contribution in [-0.2, 0) is 0 Å². The summed E-state index contributed by atoms with van der Waals surface area (Å²) in [5.41, 5.74) is 3.36. The van der Waals surface area contributed by atoms with E-state index < -0.39 is 0 Å². The smallest absolute Gasteiger partial charge is 0.0271 e. The molecule has 1 unspecified atom stereocenters. The van der Waals surface area contributed by atoms with Gasteiger partial charge in [-0.3, -0.25) is 5.43 Å². The van der Waals surface area contributed by atoms with Gasteiger partial charge in [-0.1, -0.05) is 19.3 Å². The monoisotopic (exact) mass is 182 g/mol. The van der Waals surface area contributed by atoms with E-state index >= 15 is 0 Å². The standard InChI is InChI=1S/C11H22N2/c1-12-13-9-5-4-8-11(13)10-6-2-3-7-10/h10-12H,2-9H2,1H3. The first-order valence-corrected chi connectivity index (χ1v) is 5.86. The van der Waals surface area contributed by atoms with Crippen molar-refractivity contribution in [1.29, 1.82) is 0 Å². The minimum atomic E-state index is 0.848. The van der Waals surface area contributed by atoms with E-state index in [1.165, 1.54) is 51.5 Å². The van der Waals surface area contributed by atoms with Crippen LogP contribution in [0.5, 0.6) is 0 Å². The Morgan fingerprint density at radius 1 is 1.00 bits per heavy atom. The summed E-state index contributed by atoms with van der Waals surface area (Å²) >= 11 is 0. The van der Waals surface area contributed by atoms with Gasteiger partial charge in [0.25, 0.3) is 0 Å². The normalized spacial score (nSPS) is 32.5. The van der Waals surface area contributed by atoms with Gasteiger partial charge in [-0.15, -0.1) is 0 Å². The summed E-state index contributed by atoms with van der Waals surface area (Å²) in [6.45, 7) is 1.26. The van der Waals surface area contributed by atoms with Gasteiger partial charge in [0.1, 0.15) is 0 Å². The average molecular weight is 182 g/mol. The fourth-order valence-electron chi connectivity index (χ4n) is 3.07. The summed E-state index contributed by atoms with van der Waals surface area (Å²) in [4.78, 5) is 0. The van der Waals surface area contributed by atoms with E-state index in [-0.39, 0.29) is 0 Å². The molecule has 2 fully saturated rings. The molecule has 1 saturated carbocycles. The molecule has 0 aromatic heterocycles. The first-order chi connectivity index (χ1) is 6.42. The van der Waals surface area contributed by atoms with Gasteiger partial charge in [0.15, 0.2) is 0 Å². The van der Waals surface area contributed by atoms with Gasteiger partial charge in [-0.05, 0) is 38.6 Å². The number of rotatable bonds is 2. The number of nitrogens with one attached hydrogen (secondary N) is 1. The minimum absolute atomic E-state index is 0.848. The Hall–Kier alpha value is -0.0800. The van der Waals surface area contributed by atoms with Crippen molar-refractivity contribution in [3.05, 3.63) is 0 Å². The zero-order valence-corrected chi connectivity index (χ0v) is 8.76. The Morgan fingerprint density at radius 3 is 2.38 bits per heavy atom. The maximum atomic E-state index is 3.36. The molecule has 76 valence electrons. The van der Waals surface area contributed by atoms with Gasteiger partial charge in [-0.2, -0.15) is 0 Å². The maximum Gasteiger partial charge on any atom is 0.0271 e. The van der Waals surface area contributed by atoms with Crippen LogP contribution in [0.25, 0.3) is 0 Å². The molecule has 0 spiro atoms. The largest absolute Gasteiger partial charge is 0.258 e. The van der Waals surface area contributed by atoms with E-state index in [0.717, 1.165) is 12.0 Å². The predicted molar refractivity (Wildman–Crippen MR) is 55.4 cm³/mol. The zero-order valence-electron chi connectivity index (χ0n) is 8.76. The summed E-state index contributed by atoms with van der Waals surface area (Å²) in [6, 6.07) is 0.848. The molecule has 1 aliphatic heterocycles. The van der Waals surface area contributed by atoms with Crippen molar-refractivity contribution in [3.8, 4) is 0 Å². The van der Waals surface area contributed by atoms with Crippen molar-refractivity contribution < 1.29 is 0 Å². The topological polar surface area (TPSA) is 15.3 Å². The van der Waals surface area contributed by atoms with Crippen LogP contribution in [0, 0.1) is 5.92 Å². The molecule has 1 atom stereocenters. The highest BCUT2D eigenvalue weighted by Crippen LogP contribution is 2.33. The molecule has 0 bridgehead atoms. The Bertz CT molecular complexity index is 150. The molecule has 1 aliphatic carbocycles. The van der Waals surface area contributed by atoms with Gasteiger partial charge in [0.2, 0.25) is 0 Å². The molecule has 0 aromatic carbocycles. The van der Waals surface area contributed by atoms with E-state index in [4.69, 9.17) is 0 Å². The minimum Gasteiger partial charge on any atom is -0.258 e. The fraction of sp³-hybridized carbons (Fsp3) is 1.00. The molecule has 1 N–H and O–H groups in total. The Morgan fingerprint density at radius 2 is 1.69 bits per heavy atom. The molecule has 0 aromatic rings. The highest BCUT2D eigenvalue weighted by molar-refractivity contribution is 4.83. The maximum absolute atomic E-state index is 3.36. The zero-order chi connectivity index (χ0) is 9.10. The van der Waals surface area contributed by atoms with Crippen molar-refractivity contribution in [3.63, 3.8) is 0 Å². The van der Waals surface area contributed by atoms with Gasteiger partial charge in [0.05, 0.1) is 0 Å². The lowest BCUT2D eigenvalue weighted by molar-refractivity contribution is 0.0597. The van der Waals surface area contributed by atoms with E-state index in [1.807, 2.05) is 0 Å². The molecule has 2 nitrogen and oxygen atoms in total. The van der Waals surface area contributed by atoms with Gasteiger partial charge in [-0.25, -0.2) is 5.01 Å². The molecule has 2 rings (SSSR count). The Kier molecular flexibility index (Phi) is 3.23. The molecule has 13 heavy (non-hydrogen) atoms. The number of piperidine rings is 1. The van der Waals surface area contributed by atoms with Crippen molar-refractivity contribution in [2.75, 3.05) is 13.6 Å². The fourth-order valence-corrected chi connectivity index (χ4v) is 3.07. The summed E-state index contributed by atoms with van der Waals surface area (Å²) < 4.78 is 0. The Labute approximate surface area is 81.7 Å². The molecular formula is C11H22N2. The van der Waals surface area contributed by atoms with Crippen LogP contribution in [0.1, 0.15) is 44.9 Å². The third kappa shape index (κ3) is 2.05.